The van der Waals surface area contributed by atoms with Gasteiger partial charge in [0.15, 0.2) is 0 Å². The number of anilines is 1. The fourth-order valence-electron chi connectivity index (χ4n) is 2.13. The molecule has 6 nitrogen and oxygen atoms in total. The summed E-state index contributed by atoms with van der Waals surface area (Å²) in [7, 11) is -3.69. The van der Waals surface area contributed by atoms with Gasteiger partial charge in [0.05, 0.1) is 17.0 Å². The number of carbonyl (C=O) groups is 1. The molecule has 0 spiro atoms. The van der Waals surface area contributed by atoms with E-state index in [4.69, 9.17) is 4.74 Å². The first-order valence-corrected chi connectivity index (χ1v) is 8.17. The van der Waals surface area contributed by atoms with Gasteiger partial charge < -0.3 is 10.1 Å². The molecule has 0 radical (unpaired) electrons. The maximum atomic E-state index is 12.3. The van der Waals surface area contributed by atoms with Crippen molar-refractivity contribution in [3.8, 4) is 5.75 Å². The minimum atomic E-state index is -3.69. The van der Waals surface area contributed by atoms with Crippen molar-refractivity contribution in [3.05, 3.63) is 54.1 Å². The van der Waals surface area contributed by atoms with Gasteiger partial charge in [-0.1, -0.05) is 18.2 Å². The zero-order valence-corrected chi connectivity index (χ0v) is 12.4. The molecule has 0 aliphatic carbocycles. The van der Waals surface area contributed by atoms with Crippen LogP contribution in [0, 0.1) is 0 Å². The van der Waals surface area contributed by atoms with Gasteiger partial charge in [0.25, 0.3) is 15.9 Å². The van der Waals surface area contributed by atoms with Crippen molar-refractivity contribution in [2.24, 2.45) is 0 Å². The third-order valence-corrected chi connectivity index (χ3v) is 4.57. The first-order chi connectivity index (χ1) is 10.6. The molecule has 1 aliphatic heterocycles. The van der Waals surface area contributed by atoms with Crippen LogP contribution < -0.4 is 14.8 Å². The Labute approximate surface area is 128 Å². The van der Waals surface area contributed by atoms with Gasteiger partial charge in [-0.3, -0.25) is 9.52 Å². The van der Waals surface area contributed by atoms with E-state index >= 15 is 0 Å². The Hall–Kier alpha value is -2.54. The van der Waals surface area contributed by atoms with E-state index in [-0.39, 0.29) is 10.8 Å². The molecule has 0 aromatic heterocycles. The first kappa shape index (κ1) is 14.4. The summed E-state index contributed by atoms with van der Waals surface area (Å²) in [5, 5.41) is 2.68. The fourth-order valence-corrected chi connectivity index (χ4v) is 3.20. The number of nitrogens with one attached hydrogen (secondary N) is 2. The second kappa shape index (κ2) is 5.69. The van der Waals surface area contributed by atoms with Crippen molar-refractivity contribution in [2.45, 2.75) is 4.90 Å². The molecule has 2 N–H and O–H groups in total. The number of amides is 1. The second-order valence-corrected chi connectivity index (χ2v) is 6.42. The highest BCUT2D eigenvalue weighted by molar-refractivity contribution is 7.92. The molecule has 1 amide bonds. The summed E-state index contributed by atoms with van der Waals surface area (Å²) < 4.78 is 32.4. The van der Waals surface area contributed by atoms with Gasteiger partial charge in [0.1, 0.15) is 12.4 Å². The van der Waals surface area contributed by atoms with Gasteiger partial charge in [-0.2, -0.15) is 0 Å². The van der Waals surface area contributed by atoms with E-state index in [2.05, 4.69) is 10.0 Å². The van der Waals surface area contributed by atoms with Crippen LogP contribution in [-0.2, 0) is 10.0 Å². The number of hydrogen-bond acceptors (Lipinski definition) is 4. The van der Waals surface area contributed by atoms with E-state index < -0.39 is 10.0 Å². The average Bonchev–Trinajstić information content (AvgIpc) is 2.70. The molecule has 114 valence electrons. The highest BCUT2D eigenvalue weighted by Crippen LogP contribution is 2.25. The molecule has 0 saturated heterocycles. The molecule has 0 fully saturated rings. The Morgan fingerprint density at radius 3 is 2.64 bits per heavy atom. The molecule has 0 saturated carbocycles. The average molecular weight is 318 g/mol. The second-order valence-electron chi connectivity index (χ2n) is 4.73. The Bertz CT molecular complexity index is 804. The van der Waals surface area contributed by atoms with Gasteiger partial charge in [-0.05, 0) is 30.3 Å². The molecule has 2 aromatic rings. The highest BCUT2D eigenvalue weighted by Gasteiger charge is 2.19. The normalized spacial score (nSPS) is 14.3. The van der Waals surface area contributed by atoms with Gasteiger partial charge in [-0.15, -0.1) is 0 Å². The summed E-state index contributed by atoms with van der Waals surface area (Å²) in [6, 6.07) is 12.7. The number of benzene rings is 2. The zero-order valence-electron chi connectivity index (χ0n) is 11.6. The minimum Gasteiger partial charge on any atom is -0.491 e. The molecule has 1 aliphatic rings. The largest absolute Gasteiger partial charge is 0.491 e. The molecule has 2 aromatic carbocycles. The number of rotatable bonds is 3. The SMILES string of the molecule is O=C1NCCOc2ccc(NS(=O)(=O)c3ccccc3)cc21. The van der Waals surface area contributed by atoms with E-state index in [1.165, 1.54) is 18.2 Å². The monoisotopic (exact) mass is 318 g/mol. The Kier molecular flexibility index (Phi) is 3.72. The number of carbonyl (C=O) groups excluding carboxylic acids is 1. The van der Waals surface area contributed by atoms with Crippen LogP contribution in [0.2, 0.25) is 0 Å². The lowest BCUT2D eigenvalue weighted by molar-refractivity contribution is 0.0957. The Morgan fingerprint density at radius 1 is 1.09 bits per heavy atom. The molecule has 22 heavy (non-hydrogen) atoms. The van der Waals surface area contributed by atoms with E-state index in [1.807, 2.05) is 0 Å². The van der Waals surface area contributed by atoms with Crippen LogP contribution in [0.1, 0.15) is 10.4 Å². The Morgan fingerprint density at radius 2 is 1.86 bits per heavy atom. The Balaban J connectivity index is 1.92. The lowest BCUT2D eigenvalue weighted by Gasteiger charge is -2.11. The van der Waals surface area contributed by atoms with Crippen molar-refractivity contribution in [1.29, 1.82) is 0 Å². The maximum Gasteiger partial charge on any atom is 0.261 e. The smallest absolute Gasteiger partial charge is 0.261 e. The third kappa shape index (κ3) is 2.89. The molecule has 0 unspecified atom stereocenters. The lowest BCUT2D eigenvalue weighted by atomic mass is 10.1. The van der Waals surface area contributed by atoms with Crippen LogP contribution in [0.25, 0.3) is 0 Å². The van der Waals surface area contributed by atoms with Crippen LogP contribution in [0.15, 0.2) is 53.4 Å². The van der Waals surface area contributed by atoms with Crippen molar-refractivity contribution in [3.63, 3.8) is 0 Å². The zero-order chi connectivity index (χ0) is 15.6. The highest BCUT2D eigenvalue weighted by atomic mass is 32.2. The van der Waals surface area contributed by atoms with E-state index in [0.29, 0.717) is 30.2 Å². The summed E-state index contributed by atoms with van der Waals surface area (Å²) >= 11 is 0. The van der Waals surface area contributed by atoms with Crippen molar-refractivity contribution in [1.82, 2.24) is 5.32 Å². The lowest BCUT2D eigenvalue weighted by Crippen LogP contribution is -2.24. The van der Waals surface area contributed by atoms with Crippen LogP contribution in [0.4, 0.5) is 5.69 Å². The summed E-state index contributed by atoms with van der Waals surface area (Å²) in [6.45, 7) is 0.798. The number of fused-ring (bicyclic) bond motifs is 1. The standard InChI is InChI=1S/C15H14N2O4S/c18-15-13-10-11(6-7-14(13)21-9-8-16-15)17-22(19,20)12-4-2-1-3-5-12/h1-7,10,17H,8-9H2,(H,16,18). The van der Waals surface area contributed by atoms with Crippen molar-refractivity contribution >= 4 is 21.6 Å². The van der Waals surface area contributed by atoms with E-state index in [9.17, 15) is 13.2 Å². The fraction of sp³-hybridized carbons (Fsp3) is 0.133. The molecular formula is C15H14N2O4S. The van der Waals surface area contributed by atoms with E-state index in [0.717, 1.165) is 0 Å². The van der Waals surface area contributed by atoms with Crippen LogP contribution in [0.3, 0.4) is 0 Å². The first-order valence-electron chi connectivity index (χ1n) is 6.69. The third-order valence-electron chi connectivity index (χ3n) is 3.18. The van der Waals surface area contributed by atoms with Gasteiger partial charge >= 0.3 is 0 Å². The molecule has 0 atom stereocenters. The van der Waals surface area contributed by atoms with Crippen LogP contribution >= 0.6 is 0 Å². The summed E-state index contributed by atoms with van der Waals surface area (Å²) in [6.07, 6.45) is 0. The van der Waals surface area contributed by atoms with Gasteiger partial charge in [0, 0.05) is 5.69 Å². The maximum absolute atomic E-state index is 12.3. The molecule has 0 bridgehead atoms. The van der Waals surface area contributed by atoms with Crippen LogP contribution in [0.5, 0.6) is 5.75 Å². The topological polar surface area (TPSA) is 84.5 Å². The molecule has 7 heteroatoms. The molecule has 1 heterocycles. The summed E-state index contributed by atoms with van der Waals surface area (Å²) in [5.41, 5.74) is 0.619. The predicted molar refractivity (Wildman–Crippen MR) is 81.5 cm³/mol. The molecule has 3 rings (SSSR count). The van der Waals surface area contributed by atoms with Gasteiger partial charge in [-0.25, -0.2) is 8.42 Å². The summed E-state index contributed by atoms with van der Waals surface area (Å²) in [5.74, 6) is 0.158. The quantitative estimate of drug-likeness (QED) is 0.900. The van der Waals surface area contributed by atoms with Crippen molar-refractivity contribution in [2.75, 3.05) is 17.9 Å². The van der Waals surface area contributed by atoms with E-state index in [1.54, 1.807) is 30.3 Å². The minimum absolute atomic E-state index is 0.158. The summed E-state index contributed by atoms with van der Waals surface area (Å²) in [4.78, 5) is 12.1. The predicted octanol–water partition coefficient (Wildman–Crippen LogP) is 1.61. The number of sulfonamides is 1. The number of hydrogen-bond donors (Lipinski definition) is 2. The van der Waals surface area contributed by atoms with Crippen molar-refractivity contribution < 1.29 is 17.9 Å². The van der Waals surface area contributed by atoms with Crippen LogP contribution in [-0.4, -0.2) is 27.5 Å². The molecular weight excluding hydrogens is 304 g/mol. The number of ether oxygens (including phenoxy) is 1. The van der Waals surface area contributed by atoms with Gasteiger partial charge in [0.2, 0.25) is 0 Å².